The zero-order valence-corrected chi connectivity index (χ0v) is 12.8. The minimum atomic E-state index is -0.285. The van der Waals surface area contributed by atoms with Crippen molar-refractivity contribution in [1.29, 1.82) is 0 Å². The summed E-state index contributed by atoms with van der Waals surface area (Å²) in [6.07, 6.45) is 0. The topological polar surface area (TPSA) is 73.6 Å². The smallest absolute Gasteiger partial charge is 0.257 e. The number of benzene rings is 2. The number of carbonyl (C=O) groups excluding carboxylic acids is 1. The summed E-state index contributed by atoms with van der Waals surface area (Å²) in [6, 6.07) is 12.2. The van der Waals surface area contributed by atoms with Gasteiger partial charge >= 0.3 is 0 Å². The van der Waals surface area contributed by atoms with Crippen molar-refractivity contribution in [3.8, 4) is 11.5 Å². The molecule has 3 N–H and O–H groups in total. The predicted octanol–water partition coefficient (Wildman–Crippen LogP) is 3.32. The summed E-state index contributed by atoms with van der Waals surface area (Å²) in [7, 11) is 0. The molecular formula is C17H20N2O3. The Kier molecular flexibility index (Phi) is 5.25. The Labute approximate surface area is 130 Å². The van der Waals surface area contributed by atoms with Crippen molar-refractivity contribution in [3.05, 3.63) is 48.0 Å². The van der Waals surface area contributed by atoms with Crippen molar-refractivity contribution in [2.75, 3.05) is 24.3 Å². The molecule has 116 valence electrons. The monoisotopic (exact) mass is 300 g/mol. The van der Waals surface area contributed by atoms with Gasteiger partial charge in [0.2, 0.25) is 0 Å². The Balaban J connectivity index is 2.28. The van der Waals surface area contributed by atoms with Gasteiger partial charge in [-0.3, -0.25) is 4.79 Å². The molecule has 0 aliphatic heterocycles. The third-order valence-corrected chi connectivity index (χ3v) is 3.02. The lowest BCUT2D eigenvalue weighted by Gasteiger charge is -2.14. The summed E-state index contributed by atoms with van der Waals surface area (Å²) < 4.78 is 11.0. The Morgan fingerprint density at radius 3 is 2.50 bits per heavy atom. The van der Waals surface area contributed by atoms with Crippen LogP contribution in [0.1, 0.15) is 24.2 Å². The van der Waals surface area contributed by atoms with Crippen molar-refractivity contribution in [1.82, 2.24) is 0 Å². The van der Waals surface area contributed by atoms with Gasteiger partial charge in [-0.2, -0.15) is 0 Å². The first-order valence-electron chi connectivity index (χ1n) is 7.21. The van der Waals surface area contributed by atoms with Crippen LogP contribution in [-0.4, -0.2) is 19.1 Å². The first-order chi connectivity index (χ1) is 10.7. The van der Waals surface area contributed by atoms with Crippen LogP contribution in [0.15, 0.2) is 42.5 Å². The van der Waals surface area contributed by atoms with Gasteiger partial charge in [0, 0.05) is 11.8 Å². The molecule has 0 saturated heterocycles. The number of anilines is 2. The van der Waals surface area contributed by atoms with E-state index in [1.54, 1.807) is 42.5 Å². The van der Waals surface area contributed by atoms with E-state index in [0.29, 0.717) is 41.7 Å². The van der Waals surface area contributed by atoms with E-state index < -0.39 is 0 Å². The van der Waals surface area contributed by atoms with Crippen LogP contribution in [0.3, 0.4) is 0 Å². The summed E-state index contributed by atoms with van der Waals surface area (Å²) in [6.45, 7) is 4.84. The number of ether oxygens (including phenoxy) is 2. The van der Waals surface area contributed by atoms with E-state index in [4.69, 9.17) is 15.2 Å². The fourth-order valence-corrected chi connectivity index (χ4v) is 2.04. The highest BCUT2D eigenvalue weighted by atomic mass is 16.5. The fourth-order valence-electron chi connectivity index (χ4n) is 2.04. The second-order valence-electron chi connectivity index (χ2n) is 4.57. The minimum Gasteiger partial charge on any atom is -0.494 e. The van der Waals surface area contributed by atoms with E-state index in [1.807, 2.05) is 13.8 Å². The Morgan fingerprint density at radius 2 is 1.82 bits per heavy atom. The van der Waals surface area contributed by atoms with Crippen LogP contribution < -0.4 is 20.5 Å². The van der Waals surface area contributed by atoms with E-state index >= 15 is 0 Å². The molecule has 1 amide bonds. The molecule has 0 aliphatic rings. The van der Waals surface area contributed by atoms with Crippen molar-refractivity contribution >= 4 is 17.3 Å². The highest BCUT2D eigenvalue weighted by molar-refractivity contribution is 6.08. The van der Waals surface area contributed by atoms with Gasteiger partial charge in [0.1, 0.15) is 11.5 Å². The molecule has 22 heavy (non-hydrogen) atoms. The summed E-state index contributed by atoms with van der Waals surface area (Å²) in [5.74, 6) is 0.976. The largest absolute Gasteiger partial charge is 0.494 e. The first kappa shape index (κ1) is 15.7. The summed E-state index contributed by atoms with van der Waals surface area (Å²) in [5, 5.41) is 2.83. The van der Waals surface area contributed by atoms with Gasteiger partial charge in [-0.15, -0.1) is 0 Å². The number of para-hydroxylation sites is 1. The SMILES string of the molecule is CCOc1ccc(OCC)c(NC(=O)c2ccccc2N)c1. The molecule has 0 atom stereocenters. The Bertz CT molecular complexity index is 656. The molecule has 0 fully saturated rings. The van der Waals surface area contributed by atoms with E-state index in [9.17, 15) is 4.79 Å². The molecule has 0 spiro atoms. The molecule has 0 heterocycles. The van der Waals surface area contributed by atoms with Crippen LogP contribution in [0.25, 0.3) is 0 Å². The van der Waals surface area contributed by atoms with E-state index in [1.165, 1.54) is 0 Å². The standard InChI is InChI=1S/C17H20N2O3/c1-3-21-12-9-10-16(22-4-2)15(11-12)19-17(20)13-7-5-6-8-14(13)18/h5-11H,3-4,18H2,1-2H3,(H,19,20). The van der Waals surface area contributed by atoms with Gasteiger partial charge in [-0.25, -0.2) is 0 Å². The van der Waals surface area contributed by atoms with Crippen molar-refractivity contribution in [2.24, 2.45) is 0 Å². The van der Waals surface area contributed by atoms with Crippen LogP contribution in [0.4, 0.5) is 11.4 Å². The van der Waals surface area contributed by atoms with Gasteiger partial charge in [-0.1, -0.05) is 12.1 Å². The minimum absolute atomic E-state index is 0.285. The van der Waals surface area contributed by atoms with Crippen LogP contribution in [0, 0.1) is 0 Å². The van der Waals surface area contributed by atoms with Crippen LogP contribution in [-0.2, 0) is 0 Å². The summed E-state index contributed by atoms with van der Waals surface area (Å²) in [4.78, 5) is 12.4. The van der Waals surface area contributed by atoms with E-state index in [0.717, 1.165) is 0 Å². The number of hydrogen-bond acceptors (Lipinski definition) is 4. The van der Waals surface area contributed by atoms with Crippen molar-refractivity contribution in [3.63, 3.8) is 0 Å². The fraction of sp³-hybridized carbons (Fsp3) is 0.235. The number of nitrogens with two attached hydrogens (primary N) is 1. The van der Waals surface area contributed by atoms with Crippen LogP contribution >= 0.6 is 0 Å². The highest BCUT2D eigenvalue weighted by Gasteiger charge is 2.13. The molecule has 5 heteroatoms. The molecule has 0 saturated carbocycles. The molecule has 2 aromatic rings. The third kappa shape index (κ3) is 3.69. The van der Waals surface area contributed by atoms with Crippen LogP contribution in [0.5, 0.6) is 11.5 Å². The zero-order valence-electron chi connectivity index (χ0n) is 12.8. The molecule has 0 unspecified atom stereocenters. The lowest BCUT2D eigenvalue weighted by atomic mass is 10.1. The Morgan fingerprint density at radius 1 is 1.09 bits per heavy atom. The molecule has 0 radical (unpaired) electrons. The number of amides is 1. The maximum atomic E-state index is 12.4. The Hall–Kier alpha value is -2.69. The quantitative estimate of drug-likeness (QED) is 0.803. The molecule has 2 rings (SSSR count). The van der Waals surface area contributed by atoms with E-state index in [-0.39, 0.29) is 5.91 Å². The number of hydrogen-bond donors (Lipinski definition) is 2. The highest BCUT2D eigenvalue weighted by Crippen LogP contribution is 2.30. The normalized spacial score (nSPS) is 10.1. The number of rotatable bonds is 6. The summed E-state index contributed by atoms with van der Waals surface area (Å²) in [5.41, 5.74) is 7.24. The van der Waals surface area contributed by atoms with Gasteiger partial charge in [0.15, 0.2) is 0 Å². The average molecular weight is 300 g/mol. The maximum absolute atomic E-state index is 12.4. The lowest BCUT2D eigenvalue weighted by Crippen LogP contribution is -2.15. The first-order valence-corrected chi connectivity index (χ1v) is 7.21. The zero-order chi connectivity index (χ0) is 15.9. The maximum Gasteiger partial charge on any atom is 0.257 e. The molecule has 2 aromatic carbocycles. The van der Waals surface area contributed by atoms with Crippen molar-refractivity contribution in [2.45, 2.75) is 13.8 Å². The van der Waals surface area contributed by atoms with Crippen molar-refractivity contribution < 1.29 is 14.3 Å². The van der Waals surface area contributed by atoms with Gasteiger partial charge < -0.3 is 20.5 Å². The molecule has 0 aromatic heterocycles. The molecular weight excluding hydrogens is 280 g/mol. The molecule has 0 bridgehead atoms. The number of carbonyl (C=O) groups is 1. The van der Waals surface area contributed by atoms with E-state index in [2.05, 4.69) is 5.32 Å². The van der Waals surface area contributed by atoms with Crippen LogP contribution in [0.2, 0.25) is 0 Å². The summed E-state index contributed by atoms with van der Waals surface area (Å²) >= 11 is 0. The predicted molar refractivity (Wildman–Crippen MR) is 87.6 cm³/mol. The number of nitrogen functional groups attached to an aromatic ring is 1. The van der Waals surface area contributed by atoms with Gasteiger partial charge in [0.25, 0.3) is 5.91 Å². The second kappa shape index (κ2) is 7.36. The average Bonchev–Trinajstić information content (AvgIpc) is 2.50. The molecule has 5 nitrogen and oxygen atoms in total. The van der Waals surface area contributed by atoms with Gasteiger partial charge in [0.05, 0.1) is 24.5 Å². The number of nitrogens with one attached hydrogen (secondary N) is 1. The molecule has 0 aliphatic carbocycles. The second-order valence-corrected chi connectivity index (χ2v) is 4.57. The lowest BCUT2D eigenvalue weighted by molar-refractivity contribution is 0.102. The third-order valence-electron chi connectivity index (χ3n) is 3.02. The van der Waals surface area contributed by atoms with Gasteiger partial charge in [-0.05, 0) is 38.1 Å².